The van der Waals surface area contributed by atoms with E-state index in [-0.39, 0.29) is 0 Å². The highest BCUT2D eigenvalue weighted by molar-refractivity contribution is 7.83. The molecule has 0 unspecified atom stereocenters. The van der Waals surface area contributed by atoms with Crippen molar-refractivity contribution in [2.75, 3.05) is 31.7 Å². The van der Waals surface area contributed by atoms with Crippen LogP contribution in [-0.2, 0) is 4.43 Å². The van der Waals surface area contributed by atoms with Gasteiger partial charge in [-0.05, 0) is 63.9 Å². The Balaban J connectivity index is 3.08. The molecular formula is C25H48O3PSi+. The Morgan fingerprint density at radius 3 is 1.93 bits per heavy atom. The van der Waals surface area contributed by atoms with Gasteiger partial charge in [0.2, 0.25) is 0 Å². The fourth-order valence-electron chi connectivity index (χ4n) is 4.22. The Bertz CT molecular complexity index is 570. The Labute approximate surface area is 188 Å². The summed E-state index contributed by atoms with van der Waals surface area (Å²) in [5.74, 6) is 1.41. The predicted octanol–water partition coefficient (Wildman–Crippen LogP) is 7.45. The van der Waals surface area contributed by atoms with Gasteiger partial charge in [0.15, 0.2) is 14.1 Å². The van der Waals surface area contributed by atoms with Gasteiger partial charge in [-0.2, -0.15) is 0 Å². The molecule has 0 heterocycles. The zero-order valence-electron chi connectivity index (χ0n) is 20.6. The van der Waals surface area contributed by atoms with Crippen LogP contribution in [-0.4, -0.2) is 45.1 Å². The zero-order chi connectivity index (χ0) is 22.5. The van der Waals surface area contributed by atoms with Crippen LogP contribution in [0.2, 0.25) is 19.1 Å². The van der Waals surface area contributed by atoms with Gasteiger partial charge in [0, 0.05) is 12.7 Å². The minimum atomic E-state index is -1.57. The minimum absolute atomic E-state index is 0.385. The van der Waals surface area contributed by atoms with Gasteiger partial charge >= 0.3 is 0 Å². The molecule has 30 heavy (non-hydrogen) atoms. The molecule has 0 fully saturated rings. The molecule has 0 spiro atoms. The molecule has 0 radical (unpaired) electrons. The normalized spacial score (nSPS) is 12.3. The lowest BCUT2D eigenvalue weighted by Gasteiger charge is -2.29. The summed E-state index contributed by atoms with van der Waals surface area (Å²) in [7, 11) is -2.92. The summed E-state index contributed by atoms with van der Waals surface area (Å²) in [5.41, 5.74) is 0. The van der Waals surface area contributed by atoms with Crippen molar-refractivity contribution in [2.45, 2.75) is 91.8 Å². The average molecular weight is 456 g/mol. The molecule has 3 nitrogen and oxygen atoms in total. The Morgan fingerprint density at radius 1 is 0.867 bits per heavy atom. The molecule has 1 aromatic carbocycles. The SMILES string of the molecule is CCCC[P+](CCCC)(CCCC)c1cc(O)ccc1OCCC[Si](C)(C)OCC. The van der Waals surface area contributed by atoms with Gasteiger partial charge in [-0.3, -0.25) is 0 Å². The summed E-state index contributed by atoms with van der Waals surface area (Å²) in [5, 5.41) is 11.7. The zero-order valence-corrected chi connectivity index (χ0v) is 22.5. The third kappa shape index (κ3) is 9.28. The molecule has 5 heteroatoms. The summed E-state index contributed by atoms with van der Waals surface area (Å²) in [6.45, 7) is 15.1. The first-order chi connectivity index (χ1) is 14.3. The van der Waals surface area contributed by atoms with E-state index in [1.54, 1.807) is 6.07 Å². The molecule has 1 aromatic rings. The molecule has 0 saturated carbocycles. The summed E-state index contributed by atoms with van der Waals surface area (Å²) in [6.07, 6.45) is 12.4. The van der Waals surface area contributed by atoms with Crippen LogP contribution in [0.1, 0.15) is 72.6 Å². The molecule has 0 atom stereocenters. The highest BCUT2D eigenvalue weighted by atomic mass is 31.2. The largest absolute Gasteiger partial charge is 0.508 e. The number of aromatic hydroxyl groups is 1. The second-order valence-corrected chi connectivity index (χ2v) is 17.6. The van der Waals surface area contributed by atoms with Crippen molar-refractivity contribution >= 4 is 20.9 Å². The van der Waals surface area contributed by atoms with Gasteiger partial charge in [0.25, 0.3) is 0 Å². The van der Waals surface area contributed by atoms with Gasteiger partial charge in [-0.15, -0.1) is 0 Å². The van der Waals surface area contributed by atoms with Crippen LogP contribution >= 0.6 is 7.26 Å². The second-order valence-electron chi connectivity index (χ2n) is 9.17. The number of rotatable bonds is 17. The lowest BCUT2D eigenvalue weighted by molar-refractivity contribution is 0.302. The smallest absolute Gasteiger partial charge is 0.186 e. The topological polar surface area (TPSA) is 38.7 Å². The average Bonchev–Trinajstić information content (AvgIpc) is 2.72. The first-order valence-electron chi connectivity index (χ1n) is 12.3. The fourth-order valence-corrected chi connectivity index (χ4v) is 11.3. The Kier molecular flexibility index (Phi) is 13.3. The number of unbranched alkanes of at least 4 members (excludes halogenated alkanes) is 3. The number of benzene rings is 1. The van der Waals surface area contributed by atoms with Crippen LogP contribution in [0.4, 0.5) is 0 Å². The van der Waals surface area contributed by atoms with Gasteiger partial charge in [-0.1, -0.05) is 40.0 Å². The first-order valence-corrected chi connectivity index (χ1v) is 17.8. The van der Waals surface area contributed by atoms with Crippen molar-refractivity contribution in [3.8, 4) is 11.5 Å². The Morgan fingerprint density at radius 2 is 1.43 bits per heavy atom. The van der Waals surface area contributed by atoms with E-state index in [2.05, 4.69) is 40.8 Å². The van der Waals surface area contributed by atoms with Crippen LogP contribution in [0, 0.1) is 0 Å². The maximum absolute atomic E-state index is 10.4. The van der Waals surface area contributed by atoms with Crippen LogP contribution in [0.5, 0.6) is 11.5 Å². The number of hydrogen-bond acceptors (Lipinski definition) is 3. The third-order valence-corrected chi connectivity index (χ3v) is 13.5. The lowest BCUT2D eigenvalue weighted by Crippen LogP contribution is -2.30. The highest BCUT2D eigenvalue weighted by Gasteiger charge is 2.41. The van der Waals surface area contributed by atoms with E-state index in [0.29, 0.717) is 5.75 Å². The van der Waals surface area contributed by atoms with Gasteiger partial charge < -0.3 is 14.3 Å². The Hall–Kier alpha value is -0.573. The molecular weight excluding hydrogens is 407 g/mol. The van der Waals surface area contributed by atoms with E-state index in [1.807, 2.05) is 12.1 Å². The van der Waals surface area contributed by atoms with Crippen LogP contribution < -0.4 is 10.0 Å². The van der Waals surface area contributed by atoms with Crippen molar-refractivity contribution in [3.63, 3.8) is 0 Å². The van der Waals surface area contributed by atoms with E-state index in [9.17, 15) is 5.11 Å². The standard InChI is InChI=1S/C25H47O3PSi/c1-7-11-18-29(19-12-8-2,20-13-9-3)25-22-23(26)15-16-24(25)27-17-14-21-30(5,6)28-10-4/h15-16,22H,7-14,17-21H2,1-6H3/p+1. The van der Waals surface area contributed by atoms with E-state index >= 15 is 0 Å². The van der Waals surface area contributed by atoms with Gasteiger partial charge in [0.1, 0.15) is 11.1 Å². The molecule has 0 aliphatic heterocycles. The van der Waals surface area contributed by atoms with Crippen molar-refractivity contribution in [1.29, 1.82) is 0 Å². The number of phenols is 1. The third-order valence-electron chi connectivity index (χ3n) is 5.99. The molecule has 0 aliphatic rings. The van der Waals surface area contributed by atoms with Crippen molar-refractivity contribution in [1.82, 2.24) is 0 Å². The molecule has 0 amide bonds. The molecule has 174 valence electrons. The van der Waals surface area contributed by atoms with Crippen LogP contribution in [0.3, 0.4) is 0 Å². The monoisotopic (exact) mass is 455 g/mol. The van der Waals surface area contributed by atoms with E-state index in [4.69, 9.17) is 9.16 Å². The van der Waals surface area contributed by atoms with Crippen molar-refractivity contribution in [3.05, 3.63) is 18.2 Å². The van der Waals surface area contributed by atoms with E-state index in [1.165, 1.54) is 62.3 Å². The maximum Gasteiger partial charge on any atom is 0.186 e. The number of ether oxygens (including phenoxy) is 1. The maximum atomic E-state index is 10.4. The van der Waals surface area contributed by atoms with Crippen LogP contribution in [0.15, 0.2) is 18.2 Å². The van der Waals surface area contributed by atoms with Crippen molar-refractivity contribution in [2.24, 2.45) is 0 Å². The fraction of sp³-hybridized carbons (Fsp3) is 0.760. The molecule has 0 aromatic heterocycles. The summed E-state index contributed by atoms with van der Waals surface area (Å²) < 4.78 is 12.4. The molecule has 1 rings (SSSR count). The number of hydrogen-bond donors (Lipinski definition) is 1. The quantitative estimate of drug-likeness (QED) is 0.151. The summed E-state index contributed by atoms with van der Waals surface area (Å²) in [4.78, 5) is 0. The van der Waals surface area contributed by atoms with Crippen molar-refractivity contribution < 1.29 is 14.3 Å². The van der Waals surface area contributed by atoms with E-state index < -0.39 is 15.6 Å². The first kappa shape index (κ1) is 27.5. The van der Waals surface area contributed by atoms with Crippen LogP contribution in [0.25, 0.3) is 0 Å². The summed E-state index contributed by atoms with van der Waals surface area (Å²) >= 11 is 0. The predicted molar refractivity (Wildman–Crippen MR) is 138 cm³/mol. The van der Waals surface area contributed by atoms with Gasteiger partial charge in [-0.25, -0.2) is 0 Å². The van der Waals surface area contributed by atoms with Gasteiger partial charge in [0.05, 0.1) is 32.4 Å². The second kappa shape index (κ2) is 14.5. The minimum Gasteiger partial charge on any atom is -0.508 e. The highest BCUT2D eigenvalue weighted by Crippen LogP contribution is 2.61. The summed E-state index contributed by atoms with van der Waals surface area (Å²) in [6, 6.07) is 6.99. The molecule has 1 N–H and O–H groups in total. The number of phenolic OH excluding ortho intramolecular Hbond substituents is 1. The van der Waals surface area contributed by atoms with E-state index in [0.717, 1.165) is 31.4 Å². The lowest BCUT2D eigenvalue weighted by atomic mass is 10.3. The molecule has 0 aliphatic carbocycles. The molecule has 0 saturated heterocycles. The molecule has 0 bridgehead atoms.